The lowest BCUT2D eigenvalue weighted by atomic mass is 9.99. The van der Waals surface area contributed by atoms with Gasteiger partial charge in [-0.25, -0.2) is 0 Å². The van der Waals surface area contributed by atoms with Crippen molar-refractivity contribution in [2.45, 2.75) is 19.4 Å². The number of aryl methyl sites for hydroxylation is 1. The van der Waals surface area contributed by atoms with E-state index in [-0.39, 0.29) is 12.5 Å². The second kappa shape index (κ2) is 3.42. The highest BCUT2D eigenvalue weighted by atomic mass is 16.3. The number of hydrogen-bond acceptors (Lipinski definition) is 2. The molecule has 0 fully saturated rings. The Balaban J connectivity index is 2.43. The predicted molar refractivity (Wildman–Crippen MR) is 54.1 cm³/mol. The number of anilines is 1. The molecule has 3 nitrogen and oxygen atoms in total. The lowest BCUT2D eigenvalue weighted by Crippen LogP contribution is -2.31. The SMILES string of the molecule is CN1C(=O)CCc2cc(CO)ccc21. The summed E-state index contributed by atoms with van der Waals surface area (Å²) in [5, 5.41) is 8.98. The molecular weight excluding hydrogens is 178 g/mol. The van der Waals surface area contributed by atoms with E-state index in [0.29, 0.717) is 6.42 Å². The van der Waals surface area contributed by atoms with Crippen molar-refractivity contribution in [2.75, 3.05) is 11.9 Å². The normalized spacial score (nSPS) is 15.6. The highest BCUT2D eigenvalue weighted by Crippen LogP contribution is 2.27. The van der Waals surface area contributed by atoms with Gasteiger partial charge in [0.25, 0.3) is 0 Å². The zero-order valence-corrected chi connectivity index (χ0v) is 8.16. The average Bonchev–Trinajstić information content (AvgIpc) is 2.23. The van der Waals surface area contributed by atoms with Crippen molar-refractivity contribution < 1.29 is 9.90 Å². The van der Waals surface area contributed by atoms with Gasteiger partial charge in [0, 0.05) is 19.2 Å². The predicted octanol–water partition coefficient (Wildman–Crippen LogP) is 1.09. The van der Waals surface area contributed by atoms with Gasteiger partial charge in [-0.05, 0) is 23.6 Å². The minimum absolute atomic E-state index is 0.0605. The fraction of sp³-hybridized carbons (Fsp3) is 0.364. The molecule has 0 saturated carbocycles. The Morgan fingerprint density at radius 1 is 1.43 bits per heavy atom. The van der Waals surface area contributed by atoms with E-state index in [1.54, 1.807) is 11.9 Å². The molecule has 0 radical (unpaired) electrons. The molecule has 0 saturated heterocycles. The second-order valence-electron chi connectivity index (χ2n) is 3.57. The lowest BCUT2D eigenvalue weighted by molar-refractivity contribution is -0.118. The number of benzene rings is 1. The summed E-state index contributed by atoms with van der Waals surface area (Å²) >= 11 is 0. The first-order chi connectivity index (χ1) is 6.72. The first-order valence-electron chi connectivity index (χ1n) is 4.71. The molecule has 0 aliphatic carbocycles. The van der Waals surface area contributed by atoms with Crippen LogP contribution in [0.5, 0.6) is 0 Å². The summed E-state index contributed by atoms with van der Waals surface area (Å²) in [5.41, 5.74) is 3.03. The Hall–Kier alpha value is -1.35. The molecule has 74 valence electrons. The molecule has 3 heteroatoms. The van der Waals surface area contributed by atoms with E-state index in [0.717, 1.165) is 23.2 Å². The fourth-order valence-corrected chi connectivity index (χ4v) is 1.81. The van der Waals surface area contributed by atoms with E-state index in [1.165, 1.54) is 0 Å². The van der Waals surface area contributed by atoms with Crippen LogP contribution in [0.15, 0.2) is 18.2 Å². The molecule has 1 heterocycles. The molecule has 0 spiro atoms. The summed E-state index contributed by atoms with van der Waals surface area (Å²) in [6.07, 6.45) is 1.35. The van der Waals surface area contributed by atoms with Crippen LogP contribution in [0.1, 0.15) is 17.5 Å². The van der Waals surface area contributed by atoms with E-state index in [2.05, 4.69) is 0 Å². The minimum Gasteiger partial charge on any atom is -0.392 e. The van der Waals surface area contributed by atoms with E-state index in [9.17, 15) is 4.79 Å². The summed E-state index contributed by atoms with van der Waals surface area (Å²) in [4.78, 5) is 13.1. The van der Waals surface area contributed by atoms with Gasteiger partial charge in [0.1, 0.15) is 0 Å². The van der Waals surface area contributed by atoms with Crippen molar-refractivity contribution in [3.8, 4) is 0 Å². The van der Waals surface area contributed by atoms with Crippen molar-refractivity contribution in [3.63, 3.8) is 0 Å². The molecule has 0 unspecified atom stereocenters. The van der Waals surface area contributed by atoms with Crippen molar-refractivity contribution in [2.24, 2.45) is 0 Å². The number of hydrogen-bond donors (Lipinski definition) is 1. The maximum atomic E-state index is 11.4. The van der Waals surface area contributed by atoms with Crippen LogP contribution in [0.3, 0.4) is 0 Å². The topological polar surface area (TPSA) is 40.5 Å². The average molecular weight is 191 g/mol. The van der Waals surface area contributed by atoms with Gasteiger partial charge in [-0.1, -0.05) is 12.1 Å². The van der Waals surface area contributed by atoms with Crippen molar-refractivity contribution in [3.05, 3.63) is 29.3 Å². The van der Waals surface area contributed by atoms with Gasteiger partial charge >= 0.3 is 0 Å². The molecule has 1 aliphatic rings. The molecule has 1 aromatic rings. The number of aliphatic hydroxyl groups is 1. The smallest absolute Gasteiger partial charge is 0.227 e. The van der Waals surface area contributed by atoms with Crippen LogP contribution in [0.4, 0.5) is 5.69 Å². The van der Waals surface area contributed by atoms with E-state index >= 15 is 0 Å². The van der Waals surface area contributed by atoms with Crippen molar-refractivity contribution in [1.82, 2.24) is 0 Å². The minimum atomic E-state index is 0.0605. The molecular formula is C11H13NO2. The van der Waals surface area contributed by atoms with Gasteiger partial charge < -0.3 is 10.0 Å². The third-order valence-corrected chi connectivity index (χ3v) is 2.67. The Labute approximate surface area is 83.0 Å². The quantitative estimate of drug-likeness (QED) is 0.721. The van der Waals surface area contributed by atoms with E-state index in [4.69, 9.17) is 5.11 Å². The van der Waals surface area contributed by atoms with Gasteiger partial charge in [0.05, 0.1) is 6.61 Å². The van der Waals surface area contributed by atoms with Gasteiger partial charge in [-0.2, -0.15) is 0 Å². The maximum Gasteiger partial charge on any atom is 0.227 e. The number of aliphatic hydroxyl groups excluding tert-OH is 1. The summed E-state index contributed by atoms with van der Waals surface area (Å²) in [6, 6.07) is 5.73. The van der Waals surface area contributed by atoms with Crippen LogP contribution in [-0.4, -0.2) is 18.1 Å². The third kappa shape index (κ3) is 1.40. The Kier molecular flexibility index (Phi) is 2.25. The van der Waals surface area contributed by atoms with Gasteiger partial charge in [0.2, 0.25) is 5.91 Å². The van der Waals surface area contributed by atoms with E-state index in [1.807, 2.05) is 18.2 Å². The molecule has 1 aliphatic heterocycles. The molecule has 2 rings (SSSR count). The summed E-state index contributed by atoms with van der Waals surface area (Å²) < 4.78 is 0. The van der Waals surface area contributed by atoms with Crippen molar-refractivity contribution in [1.29, 1.82) is 0 Å². The zero-order valence-electron chi connectivity index (χ0n) is 8.16. The number of carbonyl (C=O) groups excluding carboxylic acids is 1. The summed E-state index contributed by atoms with van der Waals surface area (Å²) in [6.45, 7) is 0.0605. The van der Waals surface area contributed by atoms with Crippen LogP contribution in [0.25, 0.3) is 0 Å². The summed E-state index contributed by atoms with van der Waals surface area (Å²) in [7, 11) is 1.79. The Morgan fingerprint density at radius 2 is 2.21 bits per heavy atom. The second-order valence-corrected chi connectivity index (χ2v) is 3.57. The standard InChI is InChI=1S/C11H13NO2/c1-12-10-4-2-8(7-13)6-9(10)3-5-11(12)14/h2,4,6,13H,3,5,7H2,1H3. The Morgan fingerprint density at radius 3 is 2.93 bits per heavy atom. The number of amides is 1. The molecule has 1 amide bonds. The van der Waals surface area contributed by atoms with Crippen LogP contribution in [0.2, 0.25) is 0 Å². The van der Waals surface area contributed by atoms with E-state index < -0.39 is 0 Å². The monoisotopic (exact) mass is 191 g/mol. The highest BCUT2D eigenvalue weighted by molar-refractivity contribution is 5.95. The first-order valence-corrected chi connectivity index (χ1v) is 4.71. The van der Waals surface area contributed by atoms with Crippen LogP contribution in [0, 0.1) is 0 Å². The molecule has 0 aromatic heterocycles. The molecule has 0 bridgehead atoms. The van der Waals surface area contributed by atoms with Crippen LogP contribution >= 0.6 is 0 Å². The first kappa shape index (κ1) is 9.21. The molecule has 14 heavy (non-hydrogen) atoms. The lowest BCUT2D eigenvalue weighted by Gasteiger charge is -2.25. The number of carbonyl (C=O) groups is 1. The number of fused-ring (bicyclic) bond motifs is 1. The van der Waals surface area contributed by atoms with Gasteiger partial charge in [0.15, 0.2) is 0 Å². The van der Waals surface area contributed by atoms with Crippen LogP contribution < -0.4 is 4.90 Å². The number of rotatable bonds is 1. The maximum absolute atomic E-state index is 11.4. The molecule has 1 aromatic carbocycles. The van der Waals surface area contributed by atoms with Crippen LogP contribution in [-0.2, 0) is 17.8 Å². The highest BCUT2D eigenvalue weighted by Gasteiger charge is 2.20. The largest absolute Gasteiger partial charge is 0.392 e. The number of nitrogens with zero attached hydrogens (tertiary/aromatic N) is 1. The third-order valence-electron chi connectivity index (χ3n) is 2.67. The molecule has 0 atom stereocenters. The fourth-order valence-electron chi connectivity index (χ4n) is 1.81. The van der Waals surface area contributed by atoms with Crippen molar-refractivity contribution >= 4 is 11.6 Å². The van der Waals surface area contributed by atoms with Gasteiger partial charge in [-0.15, -0.1) is 0 Å². The Bertz CT molecular complexity index is 374. The van der Waals surface area contributed by atoms with Gasteiger partial charge in [-0.3, -0.25) is 4.79 Å². The summed E-state index contributed by atoms with van der Waals surface area (Å²) in [5.74, 6) is 0.161. The molecule has 1 N–H and O–H groups in total. The zero-order chi connectivity index (χ0) is 10.1.